The Kier molecular flexibility index (Phi) is 67.0. The number of aliphatic hydroxyl groups excluding tert-OH is 1. The van der Waals surface area contributed by atoms with Gasteiger partial charge in [0, 0.05) is 25.7 Å². The summed E-state index contributed by atoms with van der Waals surface area (Å²) in [5.74, 6) is -2.20. The monoisotopic (exact) mass is 1390 g/mol. The molecule has 0 heterocycles. The van der Waals surface area contributed by atoms with Crippen LogP contribution in [0.4, 0.5) is 0 Å². The molecular weight excluding hydrogens is 1260 g/mol. The van der Waals surface area contributed by atoms with Crippen LogP contribution in [0.25, 0.3) is 0 Å². The second kappa shape index (κ2) is 69.7. The molecule has 5 atom stereocenters. The lowest BCUT2D eigenvalue weighted by Crippen LogP contribution is -2.30. The van der Waals surface area contributed by atoms with Gasteiger partial charge in [-0.1, -0.05) is 267 Å². The average molecular weight is 1400 g/mol. The lowest BCUT2D eigenvalue weighted by atomic mass is 10.1. The zero-order chi connectivity index (χ0) is 70.4. The smallest absolute Gasteiger partial charge is 0.462 e. The van der Waals surface area contributed by atoms with Crippen LogP contribution < -0.4 is 0 Å². The normalized spacial score (nSPS) is 14.4. The SMILES string of the molecule is CC/C=C\C/C=C\C/C=C\CCCCCCCC(=O)OCC(COP(=O)(O)OCC(O)COP(=O)(O)OCC(COC(=O)CCCCCCC/C=C\CCCCCCCC)OC(=O)CCCCCCCCCCCCC)OC(=O)CCCCCCC/C=C\C/C=C\C/C=C\CC. The molecule has 0 spiro atoms. The Balaban J connectivity index is 5.34. The van der Waals surface area contributed by atoms with Crippen molar-refractivity contribution in [2.24, 2.45) is 0 Å². The number of esters is 4. The van der Waals surface area contributed by atoms with E-state index in [1.54, 1.807) is 0 Å². The first kappa shape index (κ1) is 92.2. The third kappa shape index (κ3) is 68.8. The largest absolute Gasteiger partial charge is 0.472 e. The Labute approximate surface area is 583 Å². The van der Waals surface area contributed by atoms with E-state index in [2.05, 4.69) is 113 Å². The number of carbonyl (C=O) groups is 4. The predicted molar refractivity (Wildman–Crippen MR) is 390 cm³/mol. The maximum atomic E-state index is 13.1. The van der Waals surface area contributed by atoms with Gasteiger partial charge in [0.2, 0.25) is 0 Å². The van der Waals surface area contributed by atoms with Gasteiger partial charge in [0.25, 0.3) is 0 Å². The number of carbonyl (C=O) groups excluding carboxylic acids is 4. The number of ether oxygens (including phenoxy) is 4. The van der Waals surface area contributed by atoms with Crippen LogP contribution in [-0.2, 0) is 65.4 Å². The highest BCUT2D eigenvalue weighted by atomic mass is 31.2. The fraction of sp³-hybridized carbons (Fsp3) is 0.766. The fourth-order valence-electron chi connectivity index (χ4n) is 10.1. The molecular formula is C77H136O17P2. The molecule has 0 aromatic carbocycles. The van der Waals surface area contributed by atoms with Crippen LogP contribution in [-0.4, -0.2) is 96.7 Å². The quantitative estimate of drug-likeness (QED) is 0.0169. The van der Waals surface area contributed by atoms with Crippen molar-refractivity contribution in [1.29, 1.82) is 0 Å². The predicted octanol–water partition coefficient (Wildman–Crippen LogP) is 21.4. The molecule has 0 aromatic heterocycles. The van der Waals surface area contributed by atoms with Gasteiger partial charge in [0.1, 0.15) is 19.3 Å². The Hall–Kier alpha value is -3.76. The van der Waals surface area contributed by atoms with Gasteiger partial charge in [0.05, 0.1) is 26.4 Å². The summed E-state index contributed by atoms with van der Waals surface area (Å²) in [6.07, 6.45) is 70.0. The van der Waals surface area contributed by atoms with Crippen LogP contribution in [0.15, 0.2) is 85.1 Å². The fourth-order valence-corrected chi connectivity index (χ4v) is 11.7. The maximum absolute atomic E-state index is 13.1. The molecule has 0 saturated carbocycles. The molecule has 0 bridgehead atoms. The first-order valence-electron chi connectivity index (χ1n) is 37.8. The molecule has 0 aromatic rings. The van der Waals surface area contributed by atoms with Gasteiger partial charge in [-0.05, 0) is 116 Å². The number of aliphatic hydroxyl groups is 1. The highest BCUT2D eigenvalue weighted by molar-refractivity contribution is 7.47. The Morgan fingerprint density at radius 2 is 0.542 bits per heavy atom. The molecule has 0 rings (SSSR count). The van der Waals surface area contributed by atoms with Crippen LogP contribution in [0.1, 0.15) is 323 Å². The molecule has 0 aliphatic rings. The number of hydrogen-bond acceptors (Lipinski definition) is 15. The van der Waals surface area contributed by atoms with Crippen LogP contribution in [0.3, 0.4) is 0 Å². The Morgan fingerprint density at radius 1 is 0.302 bits per heavy atom. The molecule has 0 fully saturated rings. The summed E-state index contributed by atoms with van der Waals surface area (Å²) in [7, 11) is -9.95. The summed E-state index contributed by atoms with van der Waals surface area (Å²) in [5, 5.41) is 10.6. The van der Waals surface area contributed by atoms with Gasteiger partial charge < -0.3 is 33.8 Å². The van der Waals surface area contributed by atoms with Crippen molar-refractivity contribution in [1.82, 2.24) is 0 Å². The van der Waals surface area contributed by atoms with Crippen LogP contribution >= 0.6 is 15.6 Å². The second-order valence-corrected chi connectivity index (χ2v) is 28.1. The second-order valence-electron chi connectivity index (χ2n) is 25.2. The first-order chi connectivity index (χ1) is 46.7. The van der Waals surface area contributed by atoms with E-state index in [4.69, 9.17) is 37.0 Å². The maximum Gasteiger partial charge on any atom is 0.472 e. The summed E-state index contributed by atoms with van der Waals surface area (Å²) in [6.45, 7) is 4.62. The van der Waals surface area contributed by atoms with Gasteiger partial charge in [0.15, 0.2) is 12.2 Å². The number of hydrogen-bond donors (Lipinski definition) is 3. The Morgan fingerprint density at radius 3 is 0.844 bits per heavy atom. The van der Waals surface area contributed by atoms with Crippen LogP contribution in [0.5, 0.6) is 0 Å². The van der Waals surface area contributed by atoms with Crippen molar-refractivity contribution in [2.45, 2.75) is 341 Å². The minimum Gasteiger partial charge on any atom is -0.462 e. The zero-order valence-corrected chi connectivity index (χ0v) is 62.3. The lowest BCUT2D eigenvalue weighted by molar-refractivity contribution is -0.161. The van der Waals surface area contributed by atoms with Gasteiger partial charge in [-0.25, -0.2) is 9.13 Å². The van der Waals surface area contributed by atoms with Gasteiger partial charge in [-0.15, -0.1) is 0 Å². The minimum atomic E-state index is -4.98. The highest BCUT2D eigenvalue weighted by Gasteiger charge is 2.30. The first-order valence-corrected chi connectivity index (χ1v) is 40.8. The van der Waals surface area contributed by atoms with E-state index in [0.717, 1.165) is 167 Å². The topological polar surface area (TPSA) is 237 Å². The Bertz CT molecular complexity index is 2160. The molecule has 556 valence electrons. The van der Waals surface area contributed by atoms with Crippen molar-refractivity contribution in [3.05, 3.63) is 85.1 Å². The number of phosphoric acid groups is 2. The lowest BCUT2D eigenvalue weighted by Gasteiger charge is -2.21. The number of rotatable bonds is 71. The number of phosphoric ester groups is 2. The average Bonchev–Trinajstić information content (AvgIpc) is 1.09. The third-order valence-corrected chi connectivity index (χ3v) is 17.8. The molecule has 0 amide bonds. The number of allylic oxidation sites excluding steroid dienone is 14. The summed E-state index contributed by atoms with van der Waals surface area (Å²) in [5.41, 5.74) is 0. The standard InChI is InChI=1S/C77H136O17P2/c1-5-9-13-17-21-25-29-32-35-38-42-45-49-53-57-61-74(79)87-67-72(93-76(81)63-59-55-51-47-41-28-24-20-16-12-8-4)69-91-95(83,84)89-65-71(78)66-90-96(85,86)92-70-73(94-77(82)64-60-56-52-48-44-40-37-34-31-27-23-19-15-11-7-3)68-88-75(80)62-58-54-50-46-43-39-36-33-30-26-22-18-14-10-6-2/h10-11,14-15,22-23,26-27,32-37,71-73,78H,5-9,12-13,16-21,24-25,28-31,38-70H2,1-4H3,(H,83,84)(H,85,86)/b14-10-,15-11-,26-22-,27-23-,35-32-,36-33-,37-34-. The van der Waals surface area contributed by atoms with E-state index >= 15 is 0 Å². The van der Waals surface area contributed by atoms with Crippen molar-refractivity contribution >= 4 is 39.5 Å². The van der Waals surface area contributed by atoms with E-state index in [9.17, 15) is 43.2 Å². The van der Waals surface area contributed by atoms with Crippen molar-refractivity contribution in [3.8, 4) is 0 Å². The van der Waals surface area contributed by atoms with E-state index in [-0.39, 0.29) is 25.7 Å². The van der Waals surface area contributed by atoms with E-state index < -0.39 is 97.5 Å². The van der Waals surface area contributed by atoms with E-state index in [0.29, 0.717) is 25.7 Å². The van der Waals surface area contributed by atoms with Crippen molar-refractivity contribution in [2.75, 3.05) is 39.6 Å². The highest BCUT2D eigenvalue weighted by Crippen LogP contribution is 2.45. The molecule has 96 heavy (non-hydrogen) atoms. The van der Waals surface area contributed by atoms with Gasteiger partial charge in [-0.2, -0.15) is 0 Å². The molecule has 17 nitrogen and oxygen atoms in total. The third-order valence-electron chi connectivity index (χ3n) is 15.9. The summed E-state index contributed by atoms with van der Waals surface area (Å²) >= 11 is 0. The molecule has 5 unspecified atom stereocenters. The minimum absolute atomic E-state index is 0.0722. The van der Waals surface area contributed by atoms with Crippen molar-refractivity contribution in [3.63, 3.8) is 0 Å². The molecule has 0 aliphatic heterocycles. The zero-order valence-electron chi connectivity index (χ0n) is 60.5. The molecule has 3 N–H and O–H groups in total. The summed E-state index contributed by atoms with van der Waals surface area (Å²) < 4.78 is 68.4. The molecule has 0 radical (unpaired) electrons. The van der Waals surface area contributed by atoms with Crippen LogP contribution in [0.2, 0.25) is 0 Å². The summed E-state index contributed by atoms with van der Waals surface area (Å²) in [6, 6.07) is 0. The molecule has 0 aliphatic carbocycles. The van der Waals surface area contributed by atoms with E-state index in [1.807, 2.05) is 0 Å². The van der Waals surface area contributed by atoms with Crippen molar-refractivity contribution < 1.29 is 80.2 Å². The summed E-state index contributed by atoms with van der Waals surface area (Å²) in [4.78, 5) is 72.8. The van der Waals surface area contributed by atoms with Crippen LogP contribution in [0, 0.1) is 0 Å². The van der Waals surface area contributed by atoms with Gasteiger partial charge >= 0.3 is 39.5 Å². The van der Waals surface area contributed by atoms with Gasteiger partial charge in [-0.3, -0.25) is 37.3 Å². The van der Waals surface area contributed by atoms with E-state index in [1.165, 1.54) is 77.0 Å². The number of unbranched alkanes of at least 4 members (excludes halogenated alkanes) is 31. The molecule has 19 heteroatoms. The molecule has 0 saturated heterocycles.